The van der Waals surface area contributed by atoms with E-state index in [4.69, 9.17) is 4.42 Å². The number of aromatic nitrogens is 2. The summed E-state index contributed by atoms with van der Waals surface area (Å²) in [5.41, 5.74) is 0. The van der Waals surface area contributed by atoms with Crippen LogP contribution in [-0.4, -0.2) is 67.2 Å². The first-order valence-electron chi connectivity index (χ1n) is 10.6. The number of nitrogens with zero attached hydrogens (tertiary/aromatic N) is 3. The first-order chi connectivity index (χ1) is 15.7. The van der Waals surface area contributed by atoms with E-state index >= 15 is 0 Å². The van der Waals surface area contributed by atoms with Gasteiger partial charge in [0.05, 0.1) is 18.7 Å². The number of aliphatic hydroxyl groups excluding tert-OH is 2. The van der Waals surface area contributed by atoms with Gasteiger partial charge in [-0.25, -0.2) is 8.42 Å². The van der Waals surface area contributed by atoms with Crippen molar-refractivity contribution in [3.63, 3.8) is 0 Å². The second-order valence-electron chi connectivity index (χ2n) is 7.94. The van der Waals surface area contributed by atoms with Crippen molar-refractivity contribution < 1.29 is 27.6 Å². The van der Waals surface area contributed by atoms with Crippen LogP contribution >= 0.6 is 22.9 Å². The Kier molecular flexibility index (Phi) is 7.21. The quantitative estimate of drug-likeness (QED) is 0.361. The fourth-order valence-electron chi connectivity index (χ4n) is 3.98. The van der Waals surface area contributed by atoms with Crippen LogP contribution in [0.1, 0.15) is 43.7 Å². The Morgan fingerprint density at radius 2 is 2.15 bits per heavy atom. The molecule has 2 aromatic heterocycles. The number of furan rings is 1. The van der Waals surface area contributed by atoms with E-state index in [-0.39, 0.29) is 40.0 Å². The Bertz CT molecular complexity index is 1130. The SMILES string of the molecule is CC[C@@H](Nc1n[s+]([O-])nc1NC1CSC(S(=O)(=O)N2CCCC2CO)=C1O)c1ccc(C)o1. The molecule has 3 unspecified atom stereocenters. The van der Waals surface area contributed by atoms with E-state index in [2.05, 4.69) is 19.4 Å². The Labute approximate surface area is 199 Å². The molecule has 2 aliphatic rings. The highest BCUT2D eigenvalue weighted by atomic mass is 32.3. The lowest BCUT2D eigenvalue weighted by molar-refractivity contribution is 0.214. The summed E-state index contributed by atoms with van der Waals surface area (Å²) in [6, 6.07) is 2.24. The maximum atomic E-state index is 13.1. The Morgan fingerprint density at radius 3 is 2.82 bits per heavy atom. The van der Waals surface area contributed by atoms with Gasteiger partial charge in [0.25, 0.3) is 10.0 Å². The molecule has 0 spiro atoms. The number of hydrogen-bond donors (Lipinski definition) is 4. The molecule has 0 aliphatic carbocycles. The zero-order valence-electron chi connectivity index (χ0n) is 18.2. The third-order valence-corrected chi connectivity index (χ3v) is 10.1. The number of aliphatic hydroxyl groups is 2. The third-order valence-electron chi connectivity index (χ3n) is 5.69. The van der Waals surface area contributed by atoms with Crippen LogP contribution in [0.5, 0.6) is 0 Å². The van der Waals surface area contributed by atoms with Gasteiger partial charge in [-0.3, -0.25) is 0 Å². The number of thioether (sulfide) groups is 1. The summed E-state index contributed by atoms with van der Waals surface area (Å²) >= 11 is -0.818. The molecule has 0 aromatic carbocycles. The van der Waals surface area contributed by atoms with Crippen LogP contribution < -0.4 is 10.6 Å². The first-order valence-corrected chi connectivity index (χ1v) is 14.1. The molecule has 4 rings (SSSR count). The molecule has 4 heterocycles. The van der Waals surface area contributed by atoms with Gasteiger partial charge >= 0.3 is 0 Å². The highest BCUT2D eigenvalue weighted by Gasteiger charge is 2.42. The first kappa shape index (κ1) is 24.3. The maximum Gasteiger partial charge on any atom is 0.252 e. The standard InChI is InChI=1S/C19H27N5O6S3/c1-3-13(15-7-6-11(2)30-15)20-17-18(23-32(27)22-17)21-14-10-31-19(16(14)26)33(28,29)24-8-4-5-12(24)9-25/h6-7,12-14,25-26H,3-5,8-10H2,1-2H3,(H,20,22)(H,21,23)/t12?,13-,14?,32?/m1/s1. The van der Waals surface area contributed by atoms with Gasteiger partial charge in [0.15, 0.2) is 15.4 Å². The van der Waals surface area contributed by atoms with Crippen molar-refractivity contribution in [1.82, 2.24) is 13.1 Å². The molecule has 33 heavy (non-hydrogen) atoms. The second-order valence-corrected chi connectivity index (χ2v) is 11.9. The smallest absolute Gasteiger partial charge is 0.252 e. The number of rotatable bonds is 9. The molecular formula is C19H27N5O6S3. The highest BCUT2D eigenvalue weighted by Crippen LogP contribution is 2.40. The molecule has 4 N–H and O–H groups in total. The molecule has 0 saturated carbocycles. The minimum atomic E-state index is -3.93. The topological polar surface area (TPSA) is 164 Å². The molecule has 2 aliphatic heterocycles. The average Bonchev–Trinajstić information content (AvgIpc) is 3.55. The Balaban J connectivity index is 1.53. The van der Waals surface area contributed by atoms with Crippen LogP contribution in [0, 0.1) is 6.92 Å². The predicted octanol–water partition coefficient (Wildman–Crippen LogP) is 2.71. The number of anilines is 2. The molecule has 4 atom stereocenters. The van der Waals surface area contributed by atoms with Crippen LogP contribution in [0.2, 0.25) is 0 Å². The third kappa shape index (κ3) is 4.86. The minimum Gasteiger partial charge on any atom is -0.546 e. The van der Waals surface area contributed by atoms with Gasteiger partial charge in [-0.2, -0.15) is 4.31 Å². The van der Waals surface area contributed by atoms with E-state index in [0.29, 0.717) is 31.6 Å². The lowest BCUT2D eigenvalue weighted by Gasteiger charge is -2.22. The van der Waals surface area contributed by atoms with Crippen LogP contribution in [0.15, 0.2) is 26.5 Å². The predicted molar refractivity (Wildman–Crippen MR) is 126 cm³/mol. The fourth-order valence-corrected chi connectivity index (χ4v) is 8.10. The van der Waals surface area contributed by atoms with E-state index in [1.807, 2.05) is 26.0 Å². The summed E-state index contributed by atoms with van der Waals surface area (Å²) < 4.78 is 53.0. The number of hydrogen-bond acceptors (Lipinski definition) is 11. The second kappa shape index (κ2) is 9.80. The molecule has 1 fully saturated rings. The minimum absolute atomic E-state index is 0.135. The monoisotopic (exact) mass is 517 g/mol. The van der Waals surface area contributed by atoms with Gasteiger partial charge in [0.1, 0.15) is 17.3 Å². The van der Waals surface area contributed by atoms with Crippen molar-refractivity contribution in [1.29, 1.82) is 0 Å². The lowest BCUT2D eigenvalue weighted by atomic mass is 10.2. The summed E-state index contributed by atoms with van der Waals surface area (Å²) in [6.45, 7) is 3.85. The van der Waals surface area contributed by atoms with Gasteiger partial charge in [-0.05, 0) is 38.3 Å². The molecule has 0 amide bonds. The van der Waals surface area contributed by atoms with Crippen molar-refractivity contribution in [2.75, 3.05) is 29.5 Å². The van der Waals surface area contributed by atoms with Crippen molar-refractivity contribution in [2.24, 2.45) is 0 Å². The van der Waals surface area contributed by atoms with Crippen molar-refractivity contribution in [3.05, 3.63) is 33.6 Å². The normalized spacial score (nSPS) is 23.3. The number of aryl methyl sites for hydroxylation is 1. The Hall–Kier alpha value is -1.84. The maximum absolute atomic E-state index is 13.1. The summed E-state index contributed by atoms with van der Waals surface area (Å²) in [5, 5.41) is 26.4. The largest absolute Gasteiger partial charge is 0.546 e. The molecule has 1 saturated heterocycles. The van der Waals surface area contributed by atoms with E-state index in [1.54, 1.807) is 0 Å². The Morgan fingerprint density at radius 1 is 1.39 bits per heavy atom. The van der Waals surface area contributed by atoms with E-state index in [1.165, 1.54) is 4.31 Å². The van der Waals surface area contributed by atoms with E-state index in [9.17, 15) is 23.2 Å². The molecular weight excluding hydrogens is 490 g/mol. The van der Waals surface area contributed by atoms with Gasteiger partial charge in [0, 0.05) is 27.1 Å². The van der Waals surface area contributed by atoms with Crippen LogP contribution in [-0.2, 0) is 10.0 Å². The van der Waals surface area contributed by atoms with Gasteiger partial charge in [0.2, 0.25) is 11.6 Å². The highest BCUT2D eigenvalue weighted by molar-refractivity contribution is 8.18. The number of nitrogens with one attached hydrogen (secondary N) is 2. The molecule has 0 radical (unpaired) electrons. The van der Waals surface area contributed by atoms with Gasteiger partial charge in [-0.15, -0.1) is 11.8 Å². The van der Waals surface area contributed by atoms with Crippen molar-refractivity contribution in [3.8, 4) is 0 Å². The summed E-state index contributed by atoms with van der Waals surface area (Å²) in [7, 11) is -3.93. The summed E-state index contributed by atoms with van der Waals surface area (Å²) in [6.07, 6.45) is 1.91. The van der Waals surface area contributed by atoms with E-state index in [0.717, 1.165) is 17.5 Å². The lowest BCUT2D eigenvalue weighted by Crippen LogP contribution is -2.38. The van der Waals surface area contributed by atoms with Crippen molar-refractivity contribution >= 4 is 44.6 Å². The molecule has 11 nitrogen and oxygen atoms in total. The molecule has 2 aromatic rings. The fraction of sp³-hybridized carbons (Fsp3) is 0.579. The molecule has 0 bridgehead atoms. The zero-order chi connectivity index (χ0) is 23.8. The van der Waals surface area contributed by atoms with Crippen molar-refractivity contribution in [2.45, 2.75) is 51.2 Å². The van der Waals surface area contributed by atoms with Gasteiger partial charge in [-0.1, -0.05) is 6.92 Å². The average molecular weight is 518 g/mol. The number of sulfonamides is 1. The van der Waals surface area contributed by atoms with Crippen LogP contribution in [0.3, 0.4) is 0 Å². The van der Waals surface area contributed by atoms with Crippen LogP contribution in [0.25, 0.3) is 0 Å². The van der Waals surface area contributed by atoms with Crippen LogP contribution in [0.4, 0.5) is 11.6 Å². The zero-order valence-corrected chi connectivity index (χ0v) is 20.7. The molecule has 14 heteroatoms. The summed E-state index contributed by atoms with van der Waals surface area (Å²) in [4.78, 5) is 0. The van der Waals surface area contributed by atoms with E-state index < -0.39 is 33.2 Å². The van der Waals surface area contributed by atoms with Gasteiger partial charge < -0.3 is 29.8 Å². The summed E-state index contributed by atoms with van der Waals surface area (Å²) in [5.74, 6) is 1.82. The molecule has 182 valence electrons.